The molecule has 1 aliphatic rings. The molecule has 0 aromatic rings. The highest BCUT2D eigenvalue weighted by Gasteiger charge is 2.30. The van der Waals surface area contributed by atoms with Crippen molar-refractivity contribution in [3.8, 4) is 0 Å². The van der Waals surface area contributed by atoms with Gasteiger partial charge < -0.3 is 19.5 Å². The fraction of sp³-hybridized carbons (Fsp3) is 0.800. The molecule has 1 atom stereocenters. The summed E-state index contributed by atoms with van der Waals surface area (Å²) < 4.78 is 10.2. The van der Waals surface area contributed by atoms with Gasteiger partial charge in [0.25, 0.3) is 0 Å². The van der Waals surface area contributed by atoms with Crippen molar-refractivity contribution in [2.75, 3.05) is 19.8 Å². The smallest absolute Gasteiger partial charge is 0.410 e. The molecule has 1 saturated heterocycles. The molecule has 0 radical (unpaired) electrons. The Bertz CT molecular complexity index is 266. The maximum atomic E-state index is 11.7. The second kappa shape index (κ2) is 5.69. The molecule has 92 valence electrons. The number of carbonyl (C=O) groups is 2. The zero-order valence-corrected chi connectivity index (χ0v) is 9.51. The third-order valence-corrected chi connectivity index (χ3v) is 2.21. The normalized spacial score (nSPS) is 20.9. The van der Waals surface area contributed by atoms with Crippen molar-refractivity contribution in [2.24, 2.45) is 0 Å². The summed E-state index contributed by atoms with van der Waals surface area (Å²) in [4.78, 5) is 23.7. The van der Waals surface area contributed by atoms with Crippen LogP contribution in [0.1, 0.15) is 20.3 Å². The van der Waals surface area contributed by atoms with Crippen molar-refractivity contribution in [1.82, 2.24) is 4.90 Å². The van der Waals surface area contributed by atoms with Crippen molar-refractivity contribution < 1.29 is 24.2 Å². The summed E-state index contributed by atoms with van der Waals surface area (Å²) in [5, 5.41) is 8.71. The highest BCUT2D eigenvalue weighted by Crippen LogP contribution is 2.13. The van der Waals surface area contributed by atoms with Gasteiger partial charge in [-0.2, -0.15) is 0 Å². The maximum Gasteiger partial charge on any atom is 0.410 e. The van der Waals surface area contributed by atoms with Crippen molar-refractivity contribution in [2.45, 2.75) is 32.4 Å². The lowest BCUT2D eigenvalue weighted by atomic mass is 10.2. The van der Waals surface area contributed by atoms with E-state index < -0.39 is 18.1 Å². The van der Waals surface area contributed by atoms with Crippen LogP contribution in [0.5, 0.6) is 0 Å². The Morgan fingerprint density at radius 3 is 2.81 bits per heavy atom. The number of carboxylic acids is 1. The van der Waals surface area contributed by atoms with E-state index in [0.717, 1.165) is 0 Å². The molecule has 0 aromatic heterocycles. The topological polar surface area (TPSA) is 76.1 Å². The van der Waals surface area contributed by atoms with Crippen LogP contribution in [0.15, 0.2) is 0 Å². The number of hydrogen-bond acceptors (Lipinski definition) is 4. The van der Waals surface area contributed by atoms with Crippen LogP contribution in [0, 0.1) is 0 Å². The van der Waals surface area contributed by atoms with Crippen LogP contribution in [0.25, 0.3) is 0 Å². The van der Waals surface area contributed by atoms with E-state index in [-0.39, 0.29) is 19.1 Å². The van der Waals surface area contributed by atoms with Crippen molar-refractivity contribution in [3.63, 3.8) is 0 Å². The average molecular weight is 231 g/mol. The summed E-state index contributed by atoms with van der Waals surface area (Å²) in [5.41, 5.74) is 0. The Hall–Kier alpha value is -1.30. The van der Waals surface area contributed by atoms with E-state index in [1.807, 2.05) is 0 Å². The lowest BCUT2D eigenvalue weighted by Gasteiger charge is -2.34. The maximum absolute atomic E-state index is 11.7. The molecule has 1 N–H and O–H groups in total. The van der Waals surface area contributed by atoms with Gasteiger partial charge in [0.2, 0.25) is 0 Å². The molecule has 1 fully saturated rings. The van der Waals surface area contributed by atoms with E-state index in [1.54, 1.807) is 13.8 Å². The van der Waals surface area contributed by atoms with Gasteiger partial charge in [-0.05, 0) is 13.8 Å². The van der Waals surface area contributed by atoms with Gasteiger partial charge in [-0.1, -0.05) is 0 Å². The standard InChI is InChI=1S/C10H17NO5/c1-7(2)16-10(14)11-3-4-15-6-8(11)5-9(12)13/h7-8H,3-6H2,1-2H3,(H,12,13). The average Bonchev–Trinajstić information content (AvgIpc) is 2.16. The number of carbonyl (C=O) groups excluding carboxylic acids is 1. The first-order valence-electron chi connectivity index (χ1n) is 5.27. The van der Waals surface area contributed by atoms with E-state index in [1.165, 1.54) is 4.90 Å². The Morgan fingerprint density at radius 2 is 2.25 bits per heavy atom. The van der Waals surface area contributed by atoms with Crippen LogP contribution in [-0.4, -0.2) is 54.0 Å². The molecular weight excluding hydrogens is 214 g/mol. The van der Waals surface area contributed by atoms with E-state index in [0.29, 0.717) is 13.2 Å². The Balaban J connectivity index is 2.58. The summed E-state index contributed by atoms with van der Waals surface area (Å²) in [5.74, 6) is -0.946. The van der Waals surface area contributed by atoms with Crippen LogP contribution < -0.4 is 0 Å². The molecule has 1 aliphatic heterocycles. The predicted octanol–water partition coefficient (Wildman–Crippen LogP) is 0.707. The highest BCUT2D eigenvalue weighted by atomic mass is 16.6. The van der Waals surface area contributed by atoms with Crippen molar-refractivity contribution in [1.29, 1.82) is 0 Å². The van der Waals surface area contributed by atoms with Gasteiger partial charge in [-0.15, -0.1) is 0 Å². The molecule has 6 nitrogen and oxygen atoms in total. The molecule has 0 aromatic carbocycles. The summed E-state index contributed by atoms with van der Waals surface area (Å²) in [6.45, 7) is 4.56. The van der Waals surface area contributed by atoms with Gasteiger partial charge in [-0.3, -0.25) is 4.79 Å². The predicted molar refractivity (Wildman–Crippen MR) is 55.2 cm³/mol. The van der Waals surface area contributed by atoms with Crippen LogP contribution in [0.2, 0.25) is 0 Å². The first kappa shape index (κ1) is 12.8. The van der Waals surface area contributed by atoms with Gasteiger partial charge >= 0.3 is 12.1 Å². The Morgan fingerprint density at radius 1 is 1.56 bits per heavy atom. The molecule has 0 saturated carbocycles. The third kappa shape index (κ3) is 3.69. The van der Waals surface area contributed by atoms with Crippen LogP contribution in [0.4, 0.5) is 4.79 Å². The Kier molecular flexibility index (Phi) is 4.54. The minimum Gasteiger partial charge on any atom is -0.481 e. The molecule has 1 rings (SSSR count). The summed E-state index contributed by atoms with van der Waals surface area (Å²) in [7, 11) is 0. The first-order chi connectivity index (χ1) is 7.50. The zero-order valence-electron chi connectivity index (χ0n) is 9.51. The monoisotopic (exact) mass is 231 g/mol. The first-order valence-corrected chi connectivity index (χ1v) is 5.27. The van der Waals surface area contributed by atoms with Gasteiger partial charge in [0.15, 0.2) is 0 Å². The second-order valence-corrected chi connectivity index (χ2v) is 3.95. The van der Waals surface area contributed by atoms with Crippen LogP contribution in [0.3, 0.4) is 0 Å². The summed E-state index contributed by atoms with van der Waals surface area (Å²) in [6, 6.07) is -0.433. The molecule has 0 spiro atoms. The fourth-order valence-corrected chi connectivity index (χ4v) is 1.54. The van der Waals surface area contributed by atoms with Crippen molar-refractivity contribution in [3.05, 3.63) is 0 Å². The molecule has 0 bridgehead atoms. The van der Waals surface area contributed by atoms with E-state index in [4.69, 9.17) is 14.6 Å². The lowest BCUT2D eigenvalue weighted by molar-refractivity contribution is -0.139. The number of ether oxygens (including phenoxy) is 2. The van der Waals surface area contributed by atoms with Crippen LogP contribution >= 0.6 is 0 Å². The van der Waals surface area contributed by atoms with E-state index in [2.05, 4.69) is 0 Å². The number of rotatable bonds is 3. The minimum atomic E-state index is -0.946. The molecule has 1 unspecified atom stereocenters. The van der Waals surface area contributed by atoms with Crippen molar-refractivity contribution >= 4 is 12.1 Å². The highest BCUT2D eigenvalue weighted by molar-refractivity contribution is 5.71. The number of carboxylic acid groups (broad SMARTS) is 1. The summed E-state index contributed by atoms with van der Waals surface area (Å²) in [6.07, 6.45) is -0.793. The molecule has 0 aliphatic carbocycles. The quantitative estimate of drug-likeness (QED) is 0.774. The molecule has 16 heavy (non-hydrogen) atoms. The number of amides is 1. The molecule has 1 heterocycles. The minimum absolute atomic E-state index is 0.118. The SMILES string of the molecule is CC(C)OC(=O)N1CCOCC1CC(=O)O. The number of aliphatic carboxylic acids is 1. The molecule has 1 amide bonds. The largest absolute Gasteiger partial charge is 0.481 e. The van der Waals surface area contributed by atoms with Crippen LogP contribution in [-0.2, 0) is 14.3 Å². The van der Waals surface area contributed by atoms with E-state index >= 15 is 0 Å². The number of hydrogen-bond donors (Lipinski definition) is 1. The van der Waals surface area contributed by atoms with Gasteiger partial charge in [0, 0.05) is 6.54 Å². The molecular formula is C10H17NO5. The number of morpholine rings is 1. The zero-order chi connectivity index (χ0) is 12.1. The van der Waals surface area contributed by atoms with E-state index in [9.17, 15) is 9.59 Å². The fourth-order valence-electron chi connectivity index (χ4n) is 1.54. The lowest BCUT2D eigenvalue weighted by Crippen LogP contribution is -2.50. The van der Waals surface area contributed by atoms with Gasteiger partial charge in [0.1, 0.15) is 0 Å². The molecule has 6 heteroatoms. The third-order valence-electron chi connectivity index (χ3n) is 2.21. The second-order valence-electron chi connectivity index (χ2n) is 3.95. The van der Waals surface area contributed by atoms with Gasteiger partial charge in [-0.25, -0.2) is 4.79 Å². The summed E-state index contributed by atoms with van der Waals surface area (Å²) >= 11 is 0. The Labute approximate surface area is 94.1 Å². The number of nitrogens with zero attached hydrogens (tertiary/aromatic N) is 1. The van der Waals surface area contributed by atoms with Gasteiger partial charge in [0.05, 0.1) is 31.8 Å².